The summed E-state index contributed by atoms with van der Waals surface area (Å²) in [4.78, 5) is 12.6. The van der Waals surface area contributed by atoms with Gasteiger partial charge in [-0.2, -0.15) is 0 Å². The Morgan fingerprint density at radius 1 is 0.897 bits per heavy atom. The number of amides is 1. The molecule has 0 bridgehead atoms. The summed E-state index contributed by atoms with van der Waals surface area (Å²) in [5.41, 5.74) is 29.4. The highest BCUT2D eigenvalue weighted by atomic mass is 16.7. The molecule has 17 heteroatoms. The first-order valence-electron chi connectivity index (χ1n) is 13.0. The maximum absolute atomic E-state index is 12.6. The first-order valence-corrected chi connectivity index (χ1v) is 13.0. The summed E-state index contributed by atoms with van der Waals surface area (Å²) in [7, 11) is 0. The van der Waals surface area contributed by atoms with Gasteiger partial charge in [0.25, 0.3) is 0 Å². The molecule has 228 valence electrons. The van der Waals surface area contributed by atoms with Crippen molar-refractivity contribution >= 4 is 5.91 Å². The molecule has 1 saturated carbocycles. The minimum absolute atomic E-state index is 0.00387. The molecule has 0 aromatic rings. The Labute approximate surface area is 225 Å². The lowest BCUT2D eigenvalue weighted by atomic mass is 9.81. The molecule has 1 amide bonds. The minimum Gasteiger partial charge on any atom is -0.394 e. The summed E-state index contributed by atoms with van der Waals surface area (Å²) in [6.07, 6.45) is -14.1. The van der Waals surface area contributed by atoms with Crippen molar-refractivity contribution in [2.75, 3.05) is 19.7 Å². The summed E-state index contributed by atoms with van der Waals surface area (Å²) < 4.78 is 23.0. The van der Waals surface area contributed by atoms with Gasteiger partial charge in [-0.1, -0.05) is 0 Å². The van der Waals surface area contributed by atoms with Crippen molar-refractivity contribution in [2.45, 2.75) is 111 Å². The first kappa shape index (κ1) is 32.4. The van der Waals surface area contributed by atoms with Crippen LogP contribution in [-0.2, 0) is 23.7 Å². The van der Waals surface area contributed by atoms with Gasteiger partial charge in [0, 0.05) is 6.54 Å². The van der Waals surface area contributed by atoms with E-state index in [1.165, 1.54) is 0 Å². The van der Waals surface area contributed by atoms with Crippen LogP contribution >= 0.6 is 0 Å². The van der Waals surface area contributed by atoms with Gasteiger partial charge in [-0.3, -0.25) is 4.79 Å². The van der Waals surface area contributed by atoms with E-state index in [1.54, 1.807) is 0 Å². The lowest BCUT2D eigenvalue weighted by molar-refractivity contribution is -0.319. The number of aliphatic hydroxyl groups excluding tert-OH is 6. The van der Waals surface area contributed by atoms with Crippen LogP contribution in [0.5, 0.6) is 0 Å². The third kappa shape index (κ3) is 7.21. The van der Waals surface area contributed by atoms with Crippen molar-refractivity contribution in [3.63, 3.8) is 0 Å². The van der Waals surface area contributed by atoms with Crippen LogP contribution in [0.15, 0.2) is 0 Å². The summed E-state index contributed by atoms with van der Waals surface area (Å²) in [5, 5.41) is 65.3. The lowest BCUT2D eigenvalue weighted by Crippen LogP contribution is -2.74. The van der Waals surface area contributed by atoms with Gasteiger partial charge in [-0.25, -0.2) is 0 Å². The van der Waals surface area contributed by atoms with Crippen LogP contribution in [0.4, 0.5) is 0 Å². The van der Waals surface area contributed by atoms with Gasteiger partial charge in [0.1, 0.15) is 42.7 Å². The smallest absolute Gasteiger partial charge is 0.249 e. The molecule has 0 aromatic heterocycles. The fourth-order valence-corrected chi connectivity index (χ4v) is 5.03. The molecular weight excluding hydrogens is 524 g/mol. The second kappa shape index (κ2) is 14.2. The Hall–Kier alpha value is -1.13. The van der Waals surface area contributed by atoms with Gasteiger partial charge in [0.2, 0.25) is 5.91 Å². The van der Waals surface area contributed by atoms with E-state index >= 15 is 0 Å². The fourth-order valence-electron chi connectivity index (χ4n) is 5.03. The summed E-state index contributed by atoms with van der Waals surface area (Å²) >= 11 is 0. The molecule has 0 aromatic carbocycles. The Morgan fingerprint density at radius 3 is 2.18 bits per heavy atom. The lowest BCUT2D eigenvalue weighted by Gasteiger charge is -2.50. The van der Waals surface area contributed by atoms with Gasteiger partial charge in [0.05, 0.1) is 43.0 Å². The molecular formula is C22H44N6O11. The van der Waals surface area contributed by atoms with Crippen LogP contribution in [0.1, 0.15) is 19.3 Å². The number of nitrogens with two attached hydrogens (primary N) is 5. The van der Waals surface area contributed by atoms with Crippen molar-refractivity contribution in [1.82, 2.24) is 5.32 Å². The maximum Gasteiger partial charge on any atom is 0.249 e. The van der Waals surface area contributed by atoms with Crippen LogP contribution in [0.2, 0.25) is 0 Å². The average molecular weight is 569 g/mol. The van der Waals surface area contributed by atoms with Gasteiger partial charge in [0.15, 0.2) is 12.6 Å². The highest BCUT2D eigenvalue weighted by Crippen LogP contribution is 2.31. The molecule has 0 radical (unpaired) electrons. The van der Waals surface area contributed by atoms with Gasteiger partial charge in [-0.05, 0) is 25.8 Å². The molecule has 17 N–H and O–H groups in total. The molecule has 3 aliphatic rings. The van der Waals surface area contributed by atoms with Crippen molar-refractivity contribution in [2.24, 2.45) is 28.7 Å². The highest BCUT2D eigenvalue weighted by molar-refractivity contribution is 5.81. The quantitative estimate of drug-likeness (QED) is 0.116. The van der Waals surface area contributed by atoms with E-state index in [9.17, 15) is 35.4 Å². The van der Waals surface area contributed by atoms with E-state index in [0.717, 1.165) is 0 Å². The molecule has 39 heavy (non-hydrogen) atoms. The van der Waals surface area contributed by atoms with Gasteiger partial charge < -0.3 is 83.6 Å². The Kier molecular flexibility index (Phi) is 11.8. The number of carbonyl (C=O) groups is 1. The zero-order valence-electron chi connectivity index (χ0n) is 21.5. The number of aliphatic hydroxyl groups is 6. The molecule has 0 spiro atoms. The van der Waals surface area contributed by atoms with Crippen LogP contribution in [-0.4, -0.2) is 148 Å². The number of ether oxygens (including phenoxy) is 4. The number of hydrogen-bond acceptors (Lipinski definition) is 16. The molecule has 3 rings (SSSR count). The predicted molar refractivity (Wildman–Crippen MR) is 132 cm³/mol. The highest BCUT2D eigenvalue weighted by Gasteiger charge is 2.54. The molecule has 9 unspecified atom stereocenters. The normalized spacial score (nSPS) is 46.0. The van der Waals surface area contributed by atoms with Crippen LogP contribution < -0.4 is 34.0 Å². The third-order valence-corrected chi connectivity index (χ3v) is 7.50. The first-order chi connectivity index (χ1) is 18.4. The van der Waals surface area contributed by atoms with Gasteiger partial charge in [-0.15, -0.1) is 0 Å². The number of nitrogens with one attached hydrogen (secondary N) is 1. The second-order valence-electron chi connectivity index (χ2n) is 10.3. The van der Waals surface area contributed by atoms with Gasteiger partial charge >= 0.3 is 0 Å². The topological polar surface area (TPSA) is 317 Å². The Morgan fingerprint density at radius 2 is 1.56 bits per heavy atom. The van der Waals surface area contributed by atoms with E-state index in [0.29, 0.717) is 12.8 Å². The molecule has 17 nitrogen and oxygen atoms in total. The number of carbonyl (C=O) groups excluding carboxylic acids is 1. The SMILES string of the molecule is NCC[C@H](O)C(=O)NC1C(O)[C@H](N)C(O[C@H]2OC(CN)CCC2N)C(O)[C@H]1O[C@H]1OC(CO)[C@H](O)C(N)C1O. The van der Waals surface area contributed by atoms with Crippen molar-refractivity contribution in [3.05, 3.63) is 0 Å². The second-order valence-corrected chi connectivity index (χ2v) is 10.3. The van der Waals surface area contributed by atoms with E-state index in [1.807, 2.05) is 0 Å². The van der Waals surface area contributed by atoms with E-state index in [-0.39, 0.29) is 25.6 Å². The number of hydrogen-bond donors (Lipinski definition) is 12. The molecule has 1 aliphatic carbocycles. The van der Waals surface area contributed by atoms with Crippen molar-refractivity contribution in [3.8, 4) is 0 Å². The standard InChI is InChI=1S/C22H44N6O11/c23-4-3-9(30)20(35)28-13-15(32)12(27)18(38-21-8(25)2-1-7(5-24)36-21)17(34)19(13)39-22-16(33)11(26)14(31)10(6-29)37-22/h7-19,21-22,29-34H,1-6,23-27H2,(H,28,35)/t7?,8?,9-,10?,11?,12-,13?,14-,15?,16?,17?,18?,19-,21+,22+/m0/s1. The largest absolute Gasteiger partial charge is 0.394 e. The van der Waals surface area contributed by atoms with E-state index in [4.69, 9.17) is 47.6 Å². The molecule has 3 fully saturated rings. The fraction of sp³-hybridized carbons (Fsp3) is 0.955. The van der Waals surface area contributed by atoms with Crippen molar-refractivity contribution < 1.29 is 54.4 Å². The molecule has 2 aliphatic heterocycles. The predicted octanol–water partition coefficient (Wildman–Crippen LogP) is -7.43. The van der Waals surface area contributed by atoms with E-state index in [2.05, 4.69) is 5.32 Å². The van der Waals surface area contributed by atoms with Crippen LogP contribution in [0.25, 0.3) is 0 Å². The maximum atomic E-state index is 12.6. The molecule has 2 saturated heterocycles. The van der Waals surface area contributed by atoms with Crippen LogP contribution in [0, 0.1) is 0 Å². The summed E-state index contributed by atoms with van der Waals surface area (Å²) in [6, 6.07) is -4.65. The zero-order valence-corrected chi connectivity index (χ0v) is 21.5. The summed E-state index contributed by atoms with van der Waals surface area (Å²) in [6.45, 7) is -0.469. The molecule has 15 atom stereocenters. The Bertz CT molecular complexity index is 787. The minimum atomic E-state index is -1.68. The Balaban J connectivity index is 1.88. The van der Waals surface area contributed by atoms with E-state index < -0.39 is 98.1 Å². The number of rotatable bonds is 10. The zero-order chi connectivity index (χ0) is 29.0. The van der Waals surface area contributed by atoms with Crippen LogP contribution in [0.3, 0.4) is 0 Å². The summed E-state index contributed by atoms with van der Waals surface area (Å²) in [5.74, 6) is -0.925. The third-order valence-electron chi connectivity index (χ3n) is 7.50. The average Bonchev–Trinajstić information content (AvgIpc) is 2.92. The van der Waals surface area contributed by atoms with Crippen molar-refractivity contribution in [1.29, 1.82) is 0 Å². The molecule has 2 heterocycles. The monoisotopic (exact) mass is 568 g/mol.